The van der Waals surface area contributed by atoms with Crippen molar-refractivity contribution in [1.82, 2.24) is 29.0 Å². The number of halogens is 9. The van der Waals surface area contributed by atoms with E-state index in [0.29, 0.717) is 35.4 Å². The molecule has 84 heavy (non-hydrogen) atoms. The predicted molar refractivity (Wildman–Crippen MR) is 303 cm³/mol. The number of aryl methyl sites for hydroxylation is 2. The Balaban J connectivity index is 0.000000201. The minimum Gasteiger partial charge on any atom is -0.339 e. The van der Waals surface area contributed by atoms with Crippen molar-refractivity contribution in [3.8, 4) is 0 Å². The second-order valence-corrected chi connectivity index (χ2v) is 25.2. The van der Waals surface area contributed by atoms with Crippen LogP contribution in [0.1, 0.15) is 118 Å². The third-order valence-electron chi connectivity index (χ3n) is 15.2. The minimum absolute atomic E-state index is 0. The fourth-order valence-corrected chi connectivity index (χ4v) is 12.6. The predicted octanol–water partition coefficient (Wildman–Crippen LogP) is 9.76. The van der Waals surface area contributed by atoms with E-state index in [4.69, 9.17) is 0 Å². The van der Waals surface area contributed by atoms with Crippen molar-refractivity contribution in [2.75, 3.05) is 52.4 Å². The molecular formula is C57H61BrF8N8O8S2. The number of piperidine rings is 2. The summed E-state index contributed by atoms with van der Waals surface area (Å²) in [7, 11) is -7.49. The van der Waals surface area contributed by atoms with Gasteiger partial charge in [0.25, 0.3) is 23.6 Å². The molecule has 4 saturated heterocycles. The molecule has 4 aromatic carbocycles. The maximum Gasteiger partial charge on any atom is 0.419 e. The van der Waals surface area contributed by atoms with E-state index >= 15 is 0 Å². The molecule has 2 N–H and O–H groups in total. The van der Waals surface area contributed by atoms with Gasteiger partial charge in [0.2, 0.25) is 20.0 Å². The summed E-state index contributed by atoms with van der Waals surface area (Å²) in [6, 6.07) is 15.6. The fourth-order valence-electron chi connectivity index (χ4n) is 10.3. The average molecular weight is 1280 g/mol. The first-order chi connectivity index (χ1) is 39.0. The highest BCUT2D eigenvalue weighted by molar-refractivity contribution is 9.10. The van der Waals surface area contributed by atoms with Gasteiger partial charge >= 0.3 is 12.4 Å². The molecule has 4 aromatic rings. The van der Waals surface area contributed by atoms with Crippen molar-refractivity contribution >= 4 is 77.4 Å². The number of rotatable bonds is 9. The number of alkyl halides is 6. The lowest BCUT2D eigenvalue weighted by Crippen LogP contribution is -2.50. The van der Waals surface area contributed by atoms with Gasteiger partial charge in [-0.3, -0.25) is 29.2 Å². The highest BCUT2D eigenvalue weighted by Crippen LogP contribution is 2.37. The Morgan fingerprint density at radius 2 is 0.988 bits per heavy atom. The van der Waals surface area contributed by atoms with Crippen molar-refractivity contribution in [1.29, 1.82) is 0 Å². The lowest BCUT2D eigenvalue weighted by atomic mass is 9.89. The van der Waals surface area contributed by atoms with Gasteiger partial charge in [-0.25, -0.2) is 25.6 Å². The number of sulfonamides is 2. The van der Waals surface area contributed by atoms with Gasteiger partial charge in [-0.05, 0) is 155 Å². The Morgan fingerprint density at radius 1 is 0.595 bits per heavy atom. The molecular weight excluding hydrogens is 1220 g/mol. The van der Waals surface area contributed by atoms with E-state index in [-0.39, 0.29) is 93.9 Å². The number of benzene rings is 4. The van der Waals surface area contributed by atoms with Gasteiger partial charge in [-0.2, -0.15) is 35.0 Å². The van der Waals surface area contributed by atoms with E-state index in [2.05, 4.69) is 43.1 Å². The summed E-state index contributed by atoms with van der Waals surface area (Å²) >= 11 is 3.44. The van der Waals surface area contributed by atoms with Crippen LogP contribution in [0.3, 0.4) is 0 Å². The Labute approximate surface area is 490 Å². The molecule has 27 heteroatoms. The van der Waals surface area contributed by atoms with Gasteiger partial charge in [0, 0.05) is 89.9 Å². The van der Waals surface area contributed by atoms with Crippen LogP contribution in [-0.2, 0) is 42.0 Å². The first-order valence-electron chi connectivity index (χ1n) is 26.3. The highest BCUT2D eigenvalue weighted by atomic mass is 79.9. The SMILES string of the molecule is C.C=CS(=O)(=O)N1CCC2(CC1)N=C(c1ccc(F)c(C(F)(F)F)c1)NC2=O.Cc1cc(C(=O)N2CCCC2)ccc1/C=C/S(=O)(=O)N1CCC2(CC1)N=C(c1ccc(F)c(C(F)(F)F)c1)NC2=O.Cc1cc(C(=O)N2CCCC2)ccc1Br. The van der Waals surface area contributed by atoms with E-state index in [1.54, 1.807) is 30.0 Å². The van der Waals surface area contributed by atoms with E-state index in [1.807, 2.05) is 30.0 Å². The number of aliphatic imine (C=N–C) groups is 2. The van der Waals surface area contributed by atoms with Crippen LogP contribution >= 0.6 is 15.9 Å². The van der Waals surface area contributed by atoms with E-state index in [1.165, 1.54) is 10.4 Å². The number of nitrogens with zero attached hydrogens (tertiary/aromatic N) is 6. The molecule has 4 amide bonds. The number of hydrogen-bond acceptors (Lipinski definition) is 10. The summed E-state index contributed by atoms with van der Waals surface area (Å²) in [6.07, 6.45) is -3.90. The number of amidine groups is 2. The topological polar surface area (TPSA) is 198 Å². The van der Waals surface area contributed by atoms with E-state index < -0.39 is 78.1 Å². The van der Waals surface area contributed by atoms with Gasteiger partial charge in [0.1, 0.15) is 34.4 Å². The fraction of sp³-hybridized carbons (Fsp3) is 0.404. The van der Waals surface area contributed by atoms with E-state index in [0.717, 1.165) is 100 Å². The summed E-state index contributed by atoms with van der Waals surface area (Å²) in [6.45, 7) is 10.3. The smallest absolute Gasteiger partial charge is 0.339 e. The molecule has 0 saturated carbocycles. The van der Waals surface area contributed by atoms with Crippen molar-refractivity contribution < 1.29 is 71.1 Å². The summed E-state index contributed by atoms with van der Waals surface area (Å²) in [4.78, 5) is 62.2. The van der Waals surface area contributed by atoms with Crippen LogP contribution in [0.15, 0.2) is 105 Å². The van der Waals surface area contributed by atoms with E-state index in [9.17, 15) is 71.1 Å². The monoisotopic (exact) mass is 1280 g/mol. The van der Waals surface area contributed by atoms with Gasteiger partial charge < -0.3 is 20.4 Å². The third-order valence-corrected chi connectivity index (χ3v) is 19.2. The van der Waals surface area contributed by atoms with Crippen LogP contribution in [0, 0.1) is 25.5 Å². The Morgan fingerprint density at radius 3 is 1.37 bits per heavy atom. The molecule has 0 bridgehead atoms. The van der Waals surface area contributed by atoms with Gasteiger partial charge in [-0.15, -0.1) is 0 Å². The number of nitrogens with one attached hydrogen (secondary N) is 2. The largest absolute Gasteiger partial charge is 0.419 e. The summed E-state index contributed by atoms with van der Waals surface area (Å²) in [5, 5.41) is 6.80. The first kappa shape index (κ1) is 64.9. The van der Waals surface area contributed by atoms with Gasteiger partial charge in [0.15, 0.2) is 0 Å². The Hall–Kier alpha value is -6.68. The van der Waals surface area contributed by atoms with Crippen molar-refractivity contribution in [3.05, 3.63) is 156 Å². The normalized spacial score (nSPS) is 19.0. The molecule has 0 aromatic heterocycles. The van der Waals surface area contributed by atoms with Crippen LogP contribution in [0.4, 0.5) is 35.1 Å². The number of hydrogen-bond donors (Lipinski definition) is 2. The van der Waals surface area contributed by atoms with Crippen LogP contribution < -0.4 is 10.6 Å². The molecule has 0 unspecified atom stereocenters. The number of carbonyl (C=O) groups is 4. The number of carbonyl (C=O) groups excluding carboxylic acids is 4. The third kappa shape index (κ3) is 14.3. The van der Waals surface area contributed by atoms with Gasteiger partial charge in [0.05, 0.1) is 11.1 Å². The molecule has 16 nitrogen and oxygen atoms in total. The lowest BCUT2D eigenvalue weighted by Gasteiger charge is -2.34. The minimum atomic E-state index is -4.92. The van der Waals surface area contributed by atoms with Crippen LogP contribution in [-0.4, -0.2) is 134 Å². The second kappa shape index (κ2) is 25.5. The van der Waals surface area contributed by atoms with Crippen molar-refractivity contribution in [2.45, 2.75) is 96.1 Å². The summed E-state index contributed by atoms with van der Waals surface area (Å²) < 4.78 is 158. The molecule has 0 radical (unpaired) electrons. The summed E-state index contributed by atoms with van der Waals surface area (Å²) in [5.41, 5.74) is -1.82. The molecule has 6 heterocycles. The lowest BCUT2D eigenvalue weighted by molar-refractivity contribution is -0.140. The number of likely N-dealkylation sites (tertiary alicyclic amines) is 2. The molecule has 10 rings (SSSR count). The zero-order valence-corrected chi connectivity index (χ0v) is 48.1. The molecule has 2 spiro atoms. The van der Waals surface area contributed by atoms with Crippen molar-refractivity contribution in [2.24, 2.45) is 9.98 Å². The Bertz CT molecular complexity index is 3550. The standard InChI is InChI=1S/C28H28F4N4O4S.C16H15F4N3O3S.C12H14BrNO.CH4/c1-18-16-21(25(37)35-11-2-3-12-35)5-4-19(18)8-15-41(39,40)36-13-9-27(10-14-36)26(38)33-24(34-27)20-6-7-23(29)22(17-20)28(30,31)32;1-2-27(25,26)23-7-5-15(6-8-23)14(24)21-13(22-15)10-3-4-12(17)11(9-10)16(18,19)20;1-9-8-10(4-5-11(9)13)12(15)14-6-2-3-7-14;/h4-8,15-17H,2-3,9-14H2,1H3,(H,33,34,38);2-4,9H,1,5-8H2,(H,21,22,24);4-5,8H,2-3,6-7H2,1H3;1H4/b15-8+;;;. The average Bonchev–Trinajstić information content (AvgIpc) is 2.74. The molecule has 6 aliphatic heterocycles. The zero-order chi connectivity index (χ0) is 60.5. The maximum absolute atomic E-state index is 13.7. The molecule has 4 fully saturated rings. The van der Waals surface area contributed by atoms with Crippen LogP contribution in [0.5, 0.6) is 0 Å². The zero-order valence-electron chi connectivity index (χ0n) is 44.8. The molecule has 0 atom stereocenters. The second-order valence-electron chi connectivity index (χ2n) is 20.7. The molecule has 6 aliphatic rings. The highest BCUT2D eigenvalue weighted by Gasteiger charge is 2.49. The Kier molecular flexibility index (Phi) is 19.7. The van der Waals surface area contributed by atoms with Crippen LogP contribution in [0.2, 0.25) is 0 Å². The number of amides is 4. The van der Waals surface area contributed by atoms with Gasteiger partial charge in [-0.1, -0.05) is 36.0 Å². The maximum atomic E-state index is 13.7. The van der Waals surface area contributed by atoms with Crippen LogP contribution in [0.25, 0.3) is 6.08 Å². The quantitative estimate of drug-likeness (QED) is 0.154. The van der Waals surface area contributed by atoms with Crippen molar-refractivity contribution in [3.63, 3.8) is 0 Å². The molecule has 0 aliphatic carbocycles. The first-order valence-corrected chi connectivity index (χ1v) is 30.1. The summed E-state index contributed by atoms with van der Waals surface area (Å²) in [5.74, 6) is -4.00. The molecule has 452 valence electrons.